The van der Waals surface area contributed by atoms with Crippen LogP contribution < -0.4 is 5.32 Å². The molecule has 0 heterocycles. The fraction of sp³-hybridized carbons (Fsp3) is 0.300. The van der Waals surface area contributed by atoms with E-state index >= 15 is 0 Å². The van der Waals surface area contributed by atoms with Crippen LogP contribution in [0, 0.1) is 10.1 Å². The fourth-order valence-corrected chi connectivity index (χ4v) is 1.51. The number of nitro benzene ring substituents is 1. The monoisotopic (exact) mass is 242 g/mol. The topological polar surface area (TPSA) is 72.2 Å². The summed E-state index contributed by atoms with van der Waals surface area (Å²) in [6.45, 7) is 1.30. The summed E-state index contributed by atoms with van der Waals surface area (Å²) in [5.41, 5.74) is 0.865. The van der Waals surface area contributed by atoms with Gasteiger partial charge in [-0.1, -0.05) is 6.07 Å². The Bertz CT molecular complexity index is 421. The maximum Gasteiger partial charge on any atom is 0.293 e. The summed E-state index contributed by atoms with van der Waals surface area (Å²) in [7, 11) is 0. The van der Waals surface area contributed by atoms with Crippen LogP contribution in [0.3, 0.4) is 0 Å². The predicted molar refractivity (Wildman–Crippen MR) is 61.8 cm³/mol. The second-order valence-electron chi connectivity index (χ2n) is 3.23. The summed E-state index contributed by atoms with van der Waals surface area (Å²) in [6, 6.07) is 4.65. The number of nitro groups is 1. The first-order chi connectivity index (χ1) is 7.54. The Morgan fingerprint density at radius 2 is 2.25 bits per heavy atom. The van der Waals surface area contributed by atoms with Gasteiger partial charge < -0.3 is 5.32 Å². The minimum absolute atomic E-state index is 0.113. The van der Waals surface area contributed by atoms with E-state index in [1.807, 2.05) is 0 Å². The van der Waals surface area contributed by atoms with Gasteiger partial charge in [0.25, 0.3) is 5.69 Å². The zero-order chi connectivity index (χ0) is 12.1. The number of aryl methyl sites for hydroxylation is 1. The number of amides is 1. The maximum absolute atomic E-state index is 10.8. The molecule has 0 aliphatic carbocycles. The van der Waals surface area contributed by atoms with Crippen molar-refractivity contribution in [2.24, 2.45) is 0 Å². The molecule has 0 saturated carbocycles. The zero-order valence-corrected chi connectivity index (χ0v) is 9.45. The van der Waals surface area contributed by atoms with Crippen LogP contribution in [0.15, 0.2) is 18.2 Å². The van der Waals surface area contributed by atoms with Crippen LogP contribution in [-0.2, 0) is 11.2 Å². The van der Waals surface area contributed by atoms with Gasteiger partial charge in [0.2, 0.25) is 5.91 Å². The van der Waals surface area contributed by atoms with Gasteiger partial charge in [0.1, 0.15) is 5.69 Å². The molecule has 16 heavy (non-hydrogen) atoms. The molecule has 1 aromatic carbocycles. The molecular formula is C10H11ClN2O3. The minimum atomic E-state index is -0.525. The van der Waals surface area contributed by atoms with Crippen LogP contribution >= 0.6 is 11.6 Å². The quantitative estimate of drug-likeness (QED) is 0.500. The highest BCUT2D eigenvalue weighted by Gasteiger charge is 2.15. The molecule has 0 atom stereocenters. The minimum Gasteiger partial charge on any atom is -0.321 e. The third-order valence-corrected chi connectivity index (χ3v) is 2.14. The molecule has 0 aliphatic rings. The van der Waals surface area contributed by atoms with E-state index in [9.17, 15) is 14.9 Å². The Morgan fingerprint density at radius 1 is 1.56 bits per heavy atom. The number of nitrogens with one attached hydrogen (secondary N) is 1. The third kappa shape index (κ3) is 3.20. The Hall–Kier alpha value is -1.62. The van der Waals surface area contributed by atoms with Gasteiger partial charge in [0, 0.05) is 18.9 Å². The number of anilines is 1. The van der Waals surface area contributed by atoms with Gasteiger partial charge in [-0.3, -0.25) is 14.9 Å². The highest BCUT2D eigenvalue weighted by atomic mass is 35.5. The van der Waals surface area contributed by atoms with Gasteiger partial charge in [0.15, 0.2) is 0 Å². The summed E-state index contributed by atoms with van der Waals surface area (Å²) in [5.74, 6) is 0.0598. The molecule has 1 aromatic rings. The van der Waals surface area contributed by atoms with Crippen LogP contribution in [0.1, 0.15) is 12.5 Å². The second-order valence-corrected chi connectivity index (χ2v) is 3.61. The molecule has 0 spiro atoms. The van der Waals surface area contributed by atoms with Crippen molar-refractivity contribution < 1.29 is 9.72 Å². The van der Waals surface area contributed by atoms with Crippen LogP contribution in [0.4, 0.5) is 11.4 Å². The van der Waals surface area contributed by atoms with Crippen molar-refractivity contribution in [3.05, 3.63) is 33.9 Å². The molecule has 0 bridgehead atoms. The average Bonchev–Trinajstić information content (AvgIpc) is 2.19. The van der Waals surface area contributed by atoms with E-state index in [4.69, 9.17) is 11.6 Å². The maximum atomic E-state index is 10.8. The Balaban J connectivity index is 3.08. The molecule has 0 aliphatic heterocycles. The van der Waals surface area contributed by atoms with Gasteiger partial charge in [-0.2, -0.15) is 0 Å². The van der Waals surface area contributed by atoms with Crippen molar-refractivity contribution in [1.29, 1.82) is 0 Å². The summed E-state index contributed by atoms with van der Waals surface area (Å²) >= 11 is 5.55. The summed E-state index contributed by atoms with van der Waals surface area (Å²) in [6.07, 6.45) is 0.558. The van der Waals surface area contributed by atoms with E-state index in [0.717, 1.165) is 5.56 Å². The van der Waals surface area contributed by atoms with Gasteiger partial charge in [-0.15, -0.1) is 11.6 Å². The van der Waals surface area contributed by atoms with Gasteiger partial charge in [-0.05, 0) is 18.1 Å². The molecule has 0 radical (unpaired) electrons. The van der Waals surface area contributed by atoms with Crippen molar-refractivity contribution in [3.8, 4) is 0 Å². The zero-order valence-electron chi connectivity index (χ0n) is 8.70. The lowest BCUT2D eigenvalue weighted by molar-refractivity contribution is -0.384. The summed E-state index contributed by atoms with van der Waals surface area (Å²) in [4.78, 5) is 21.1. The van der Waals surface area contributed by atoms with E-state index in [2.05, 4.69) is 5.32 Å². The molecule has 0 aromatic heterocycles. The van der Waals surface area contributed by atoms with E-state index in [1.165, 1.54) is 19.1 Å². The van der Waals surface area contributed by atoms with E-state index in [1.54, 1.807) is 6.07 Å². The Labute approximate surface area is 97.6 Å². The Kier molecular flexibility index (Phi) is 4.25. The van der Waals surface area contributed by atoms with Crippen LogP contribution in [0.5, 0.6) is 0 Å². The van der Waals surface area contributed by atoms with E-state index in [-0.39, 0.29) is 17.3 Å². The highest BCUT2D eigenvalue weighted by Crippen LogP contribution is 2.25. The molecule has 86 valence electrons. The largest absolute Gasteiger partial charge is 0.321 e. The van der Waals surface area contributed by atoms with Gasteiger partial charge in [0.05, 0.1) is 4.92 Å². The number of halogens is 1. The average molecular weight is 243 g/mol. The lowest BCUT2D eigenvalue weighted by Gasteiger charge is -2.05. The van der Waals surface area contributed by atoms with Crippen molar-refractivity contribution in [1.82, 2.24) is 0 Å². The fourth-order valence-electron chi connectivity index (χ4n) is 1.29. The molecule has 0 saturated heterocycles. The standard InChI is InChI=1S/C10H11ClN2O3/c1-7(14)12-9-3-2-8(4-5-11)6-10(9)13(15)16/h2-3,6H,4-5H2,1H3,(H,12,14). The molecule has 6 heteroatoms. The van der Waals surface area contributed by atoms with Crippen LogP contribution in [-0.4, -0.2) is 16.7 Å². The highest BCUT2D eigenvalue weighted by molar-refractivity contribution is 6.18. The number of carbonyl (C=O) groups is 1. The summed E-state index contributed by atoms with van der Waals surface area (Å²) < 4.78 is 0. The molecule has 0 fully saturated rings. The predicted octanol–water partition coefficient (Wildman–Crippen LogP) is 2.33. The van der Waals surface area contributed by atoms with Crippen molar-refractivity contribution in [3.63, 3.8) is 0 Å². The first-order valence-corrected chi connectivity index (χ1v) is 5.19. The SMILES string of the molecule is CC(=O)Nc1ccc(CCCl)cc1[N+](=O)[O-]. The van der Waals surface area contributed by atoms with Crippen LogP contribution in [0.25, 0.3) is 0 Å². The third-order valence-electron chi connectivity index (χ3n) is 1.95. The van der Waals surface area contributed by atoms with Crippen molar-refractivity contribution in [2.75, 3.05) is 11.2 Å². The molecule has 0 unspecified atom stereocenters. The molecule has 1 N–H and O–H groups in total. The molecule has 1 rings (SSSR count). The Morgan fingerprint density at radius 3 is 2.75 bits per heavy atom. The number of alkyl halides is 1. The normalized spacial score (nSPS) is 9.88. The lowest BCUT2D eigenvalue weighted by Crippen LogP contribution is -2.08. The van der Waals surface area contributed by atoms with Gasteiger partial charge in [-0.25, -0.2) is 0 Å². The first kappa shape index (κ1) is 12.4. The molecule has 1 amide bonds. The number of rotatable bonds is 4. The number of carbonyl (C=O) groups excluding carboxylic acids is 1. The number of benzene rings is 1. The van der Waals surface area contributed by atoms with E-state index < -0.39 is 4.92 Å². The van der Waals surface area contributed by atoms with E-state index in [0.29, 0.717) is 12.3 Å². The number of hydrogen-bond donors (Lipinski definition) is 1. The molecule has 5 nitrogen and oxygen atoms in total. The second kappa shape index (κ2) is 5.46. The van der Waals surface area contributed by atoms with Crippen molar-refractivity contribution >= 4 is 28.9 Å². The number of nitrogens with zero attached hydrogens (tertiary/aromatic N) is 1. The molecular weight excluding hydrogens is 232 g/mol. The van der Waals surface area contributed by atoms with Crippen molar-refractivity contribution in [2.45, 2.75) is 13.3 Å². The van der Waals surface area contributed by atoms with Crippen LogP contribution in [0.2, 0.25) is 0 Å². The smallest absolute Gasteiger partial charge is 0.293 e. The summed E-state index contributed by atoms with van der Waals surface area (Å²) in [5, 5.41) is 13.2. The first-order valence-electron chi connectivity index (χ1n) is 4.65. The number of hydrogen-bond acceptors (Lipinski definition) is 3. The van der Waals surface area contributed by atoms with Gasteiger partial charge >= 0.3 is 0 Å². The lowest BCUT2D eigenvalue weighted by atomic mass is 10.1.